The molecule has 0 unspecified atom stereocenters. The summed E-state index contributed by atoms with van der Waals surface area (Å²) in [5, 5.41) is 3.40. The Kier molecular flexibility index (Phi) is 7.56. The molecule has 0 saturated carbocycles. The Morgan fingerprint density at radius 2 is 1.67 bits per heavy atom. The summed E-state index contributed by atoms with van der Waals surface area (Å²) in [5.74, 6) is 0.851. The first kappa shape index (κ1) is 17.8. The first-order valence-electron chi connectivity index (χ1n) is 7.25. The minimum Gasteiger partial charge on any atom is -0.383 e. The number of nitrogens with one attached hydrogen (secondary N) is 1. The monoisotopic (exact) mass is 296 g/mol. The summed E-state index contributed by atoms with van der Waals surface area (Å²) in [6, 6.07) is 0. The van der Waals surface area contributed by atoms with Crippen molar-refractivity contribution in [3.05, 3.63) is 18.1 Å². The van der Waals surface area contributed by atoms with Crippen LogP contribution in [0.3, 0.4) is 0 Å². The molecule has 0 aliphatic rings. The van der Waals surface area contributed by atoms with Crippen LogP contribution in [-0.4, -0.2) is 56.0 Å². The summed E-state index contributed by atoms with van der Waals surface area (Å²) < 4.78 is 10.3. The first-order valence-corrected chi connectivity index (χ1v) is 7.25. The fourth-order valence-corrected chi connectivity index (χ4v) is 1.70. The molecule has 0 atom stereocenters. The molecule has 21 heavy (non-hydrogen) atoms. The number of methoxy groups -OCH3 is 2. The summed E-state index contributed by atoms with van der Waals surface area (Å²) >= 11 is 0. The number of ether oxygens (including phenoxy) is 2. The largest absolute Gasteiger partial charge is 0.383 e. The van der Waals surface area contributed by atoms with E-state index >= 15 is 0 Å². The fraction of sp³-hybridized carbons (Fsp3) is 0.733. The van der Waals surface area contributed by atoms with E-state index in [2.05, 4.69) is 41.0 Å². The molecule has 1 N–H and O–H groups in total. The molecule has 0 bridgehead atoms. The molecule has 0 radical (unpaired) electrons. The molecule has 0 saturated heterocycles. The topological polar surface area (TPSA) is 59.5 Å². The van der Waals surface area contributed by atoms with Crippen LogP contribution in [-0.2, 0) is 16.0 Å². The molecular weight excluding hydrogens is 268 g/mol. The van der Waals surface area contributed by atoms with Crippen molar-refractivity contribution < 1.29 is 9.47 Å². The van der Waals surface area contributed by atoms with E-state index in [1.54, 1.807) is 14.2 Å². The van der Waals surface area contributed by atoms with Gasteiger partial charge in [0.05, 0.1) is 31.3 Å². The van der Waals surface area contributed by atoms with Gasteiger partial charge in [-0.1, -0.05) is 0 Å². The second kappa shape index (κ2) is 8.92. The van der Waals surface area contributed by atoms with Crippen LogP contribution in [0.1, 0.15) is 26.5 Å². The van der Waals surface area contributed by atoms with Gasteiger partial charge >= 0.3 is 0 Å². The maximum Gasteiger partial charge on any atom is 0.147 e. The van der Waals surface area contributed by atoms with Crippen molar-refractivity contribution >= 4 is 5.82 Å². The molecule has 0 fully saturated rings. The predicted molar refractivity (Wildman–Crippen MR) is 84.6 cm³/mol. The van der Waals surface area contributed by atoms with Gasteiger partial charge in [-0.05, 0) is 20.8 Å². The average Bonchev–Trinajstić information content (AvgIpc) is 2.45. The molecule has 0 amide bonds. The number of hydrogen-bond acceptors (Lipinski definition) is 6. The van der Waals surface area contributed by atoms with Crippen molar-refractivity contribution in [3.8, 4) is 0 Å². The van der Waals surface area contributed by atoms with Crippen LogP contribution in [0.2, 0.25) is 0 Å². The van der Waals surface area contributed by atoms with Crippen LogP contribution >= 0.6 is 0 Å². The fourth-order valence-electron chi connectivity index (χ4n) is 1.70. The zero-order valence-electron chi connectivity index (χ0n) is 13.8. The minimum atomic E-state index is 0.0727. The Morgan fingerprint density at radius 1 is 1.05 bits per heavy atom. The van der Waals surface area contributed by atoms with Gasteiger partial charge < -0.3 is 19.7 Å². The van der Waals surface area contributed by atoms with E-state index in [1.807, 2.05) is 12.4 Å². The molecular formula is C15H28N4O2. The van der Waals surface area contributed by atoms with Crippen molar-refractivity contribution in [1.82, 2.24) is 15.3 Å². The number of hydrogen-bond donors (Lipinski definition) is 1. The van der Waals surface area contributed by atoms with Gasteiger partial charge in [-0.25, -0.2) is 4.98 Å². The summed E-state index contributed by atoms with van der Waals surface area (Å²) in [6.07, 6.45) is 3.63. The Morgan fingerprint density at radius 3 is 2.10 bits per heavy atom. The zero-order chi connectivity index (χ0) is 15.7. The van der Waals surface area contributed by atoms with Crippen LogP contribution in [0.5, 0.6) is 0 Å². The summed E-state index contributed by atoms with van der Waals surface area (Å²) in [5.41, 5.74) is 1.01. The Labute approximate surface area is 127 Å². The van der Waals surface area contributed by atoms with Gasteiger partial charge in [-0.3, -0.25) is 4.98 Å². The third kappa shape index (κ3) is 7.36. The molecule has 0 aliphatic carbocycles. The summed E-state index contributed by atoms with van der Waals surface area (Å²) in [7, 11) is 3.39. The molecule has 0 spiro atoms. The summed E-state index contributed by atoms with van der Waals surface area (Å²) in [4.78, 5) is 11.1. The molecule has 6 heteroatoms. The molecule has 1 aromatic heterocycles. The highest BCUT2D eigenvalue weighted by atomic mass is 16.5. The normalized spacial score (nSPS) is 11.7. The van der Waals surface area contributed by atoms with Crippen LogP contribution < -0.4 is 10.2 Å². The second-order valence-electron chi connectivity index (χ2n) is 5.94. The average molecular weight is 296 g/mol. The van der Waals surface area contributed by atoms with Crippen LogP contribution in [0.25, 0.3) is 0 Å². The highest BCUT2D eigenvalue weighted by molar-refractivity contribution is 5.35. The third-order valence-electron chi connectivity index (χ3n) is 2.95. The summed E-state index contributed by atoms with van der Waals surface area (Å²) in [6.45, 7) is 9.96. The molecule has 0 aromatic carbocycles. The van der Waals surface area contributed by atoms with Gasteiger partial charge in [0.1, 0.15) is 5.82 Å². The Balaban J connectivity index is 2.63. The van der Waals surface area contributed by atoms with Gasteiger partial charge in [-0.15, -0.1) is 0 Å². The van der Waals surface area contributed by atoms with E-state index in [0.29, 0.717) is 19.8 Å². The Bertz CT molecular complexity index is 382. The van der Waals surface area contributed by atoms with E-state index in [1.165, 1.54) is 0 Å². The second-order valence-corrected chi connectivity index (χ2v) is 5.94. The molecule has 120 valence electrons. The van der Waals surface area contributed by atoms with Crippen molar-refractivity contribution in [2.45, 2.75) is 32.9 Å². The molecule has 6 nitrogen and oxygen atoms in total. The minimum absolute atomic E-state index is 0.0727. The SMILES string of the molecule is COCCN(CCOC)c1cnc(CNC(C)(C)C)cn1. The number of rotatable bonds is 9. The standard InChI is InChI=1S/C15H28N4O2/c1-15(2,3)18-11-13-10-17-14(12-16-13)19(6-8-20-4)7-9-21-5/h10,12,18H,6-9,11H2,1-5H3. The van der Waals surface area contributed by atoms with E-state index in [9.17, 15) is 0 Å². The lowest BCUT2D eigenvalue weighted by molar-refractivity contribution is 0.190. The molecule has 0 aliphatic heterocycles. The van der Waals surface area contributed by atoms with Gasteiger partial charge in [0.25, 0.3) is 0 Å². The van der Waals surface area contributed by atoms with Crippen LogP contribution in [0, 0.1) is 0 Å². The smallest absolute Gasteiger partial charge is 0.147 e. The van der Waals surface area contributed by atoms with E-state index in [-0.39, 0.29) is 5.54 Å². The lowest BCUT2D eigenvalue weighted by Crippen LogP contribution is -2.35. The number of aromatic nitrogens is 2. The highest BCUT2D eigenvalue weighted by Gasteiger charge is 2.11. The van der Waals surface area contributed by atoms with Crippen LogP contribution in [0.4, 0.5) is 5.82 Å². The van der Waals surface area contributed by atoms with Crippen molar-refractivity contribution in [2.24, 2.45) is 0 Å². The zero-order valence-corrected chi connectivity index (χ0v) is 13.8. The number of anilines is 1. The first-order chi connectivity index (χ1) is 9.96. The predicted octanol–water partition coefficient (Wildman–Crippen LogP) is 1.46. The van der Waals surface area contributed by atoms with Gasteiger partial charge in [0, 0.05) is 39.4 Å². The van der Waals surface area contributed by atoms with E-state index in [4.69, 9.17) is 9.47 Å². The van der Waals surface area contributed by atoms with E-state index < -0.39 is 0 Å². The molecule has 1 rings (SSSR count). The molecule has 1 aromatic rings. The van der Waals surface area contributed by atoms with Gasteiger partial charge in [0.2, 0.25) is 0 Å². The van der Waals surface area contributed by atoms with Crippen molar-refractivity contribution in [1.29, 1.82) is 0 Å². The maximum absolute atomic E-state index is 5.13. The van der Waals surface area contributed by atoms with Crippen molar-refractivity contribution in [2.75, 3.05) is 45.4 Å². The quantitative estimate of drug-likeness (QED) is 0.744. The lowest BCUT2D eigenvalue weighted by atomic mass is 10.1. The van der Waals surface area contributed by atoms with E-state index in [0.717, 1.165) is 24.6 Å². The lowest BCUT2D eigenvalue weighted by Gasteiger charge is -2.23. The highest BCUT2D eigenvalue weighted by Crippen LogP contribution is 2.09. The number of nitrogens with zero attached hydrogens (tertiary/aromatic N) is 3. The Hall–Kier alpha value is -1.24. The van der Waals surface area contributed by atoms with Crippen LogP contribution in [0.15, 0.2) is 12.4 Å². The third-order valence-corrected chi connectivity index (χ3v) is 2.95. The molecule has 1 heterocycles. The van der Waals surface area contributed by atoms with Gasteiger partial charge in [0.15, 0.2) is 0 Å². The van der Waals surface area contributed by atoms with Gasteiger partial charge in [-0.2, -0.15) is 0 Å². The maximum atomic E-state index is 5.13. The van der Waals surface area contributed by atoms with Crippen molar-refractivity contribution in [3.63, 3.8) is 0 Å².